The Morgan fingerprint density at radius 2 is 1.07 bits per heavy atom. The summed E-state index contributed by atoms with van der Waals surface area (Å²) in [6.07, 6.45) is 0. The van der Waals surface area contributed by atoms with Crippen molar-refractivity contribution in [3.05, 3.63) is 0 Å². The van der Waals surface area contributed by atoms with Gasteiger partial charge in [0.05, 0.1) is 24.6 Å². The van der Waals surface area contributed by atoms with E-state index in [1.165, 1.54) is 27.7 Å². The van der Waals surface area contributed by atoms with Crippen LogP contribution in [0.5, 0.6) is 0 Å². The number of hydrogen-bond acceptors (Lipinski definition) is 10. The third-order valence-corrected chi connectivity index (χ3v) is 3.74. The van der Waals surface area contributed by atoms with E-state index < -0.39 is 34.8 Å². The number of azo groups is 1. The molecule has 2 N–H and O–H groups in total. The lowest BCUT2D eigenvalue weighted by molar-refractivity contribution is -0.141. The van der Waals surface area contributed by atoms with Crippen molar-refractivity contribution in [1.29, 1.82) is 0 Å². The average Bonchev–Trinajstić information content (AvgIpc) is 2.66. The lowest BCUT2D eigenvalue weighted by Crippen LogP contribution is -2.44. The summed E-state index contributed by atoms with van der Waals surface area (Å²) in [5.74, 6) is -1.92. The number of ether oxygens (including phenoxy) is 2. The third kappa shape index (κ3) is 10.5. The fourth-order valence-corrected chi connectivity index (χ4v) is 1.71. The molecule has 2 amide bonds. The van der Waals surface area contributed by atoms with Gasteiger partial charge in [0.2, 0.25) is 11.8 Å². The number of esters is 2. The monoisotopic (exact) mass is 436 g/mol. The van der Waals surface area contributed by atoms with Crippen molar-refractivity contribution in [2.45, 2.75) is 38.8 Å². The molecule has 0 aromatic rings. The molecule has 0 fully saturated rings. The number of carbonyl (C=O) groups is 4. The first kappa shape index (κ1) is 26.2. The van der Waals surface area contributed by atoms with Crippen LogP contribution in [0.25, 0.3) is 0 Å². The van der Waals surface area contributed by atoms with Crippen molar-refractivity contribution in [1.82, 2.24) is 10.6 Å². The maximum atomic E-state index is 12.2. The summed E-state index contributed by atoms with van der Waals surface area (Å²) in [6, 6.07) is 0. The minimum Gasteiger partial charge on any atom is -0.463 e. The lowest BCUT2D eigenvalue weighted by Gasteiger charge is -2.22. The highest BCUT2D eigenvalue weighted by molar-refractivity contribution is 7.81. The maximum Gasteiger partial charge on any atom is 0.315 e. The average molecular weight is 437 g/mol. The predicted octanol–water partition coefficient (Wildman–Crippen LogP) is 0.174. The Hall–Kier alpha value is -1.82. The molecule has 0 atom stereocenters. The van der Waals surface area contributed by atoms with Crippen LogP contribution in [0.1, 0.15) is 27.7 Å². The van der Waals surface area contributed by atoms with Crippen LogP contribution in [0, 0.1) is 0 Å². The molecule has 0 rings (SSSR count). The van der Waals surface area contributed by atoms with Gasteiger partial charge in [-0.1, -0.05) is 0 Å². The number of nitrogens with one attached hydrogen (secondary N) is 2. The van der Waals surface area contributed by atoms with E-state index in [1.54, 1.807) is 0 Å². The molecule has 0 heterocycles. The van der Waals surface area contributed by atoms with Crippen molar-refractivity contribution in [2.24, 2.45) is 10.2 Å². The van der Waals surface area contributed by atoms with Crippen LogP contribution in [0.2, 0.25) is 0 Å². The van der Waals surface area contributed by atoms with E-state index in [4.69, 9.17) is 9.47 Å². The molecule has 0 saturated carbocycles. The lowest BCUT2D eigenvalue weighted by atomic mass is 10.0. The van der Waals surface area contributed by atoms with Gasteiger partial charge < -0.3 is 20.1 Å². The van der Waals surface area contributed by atoms with Crippen molar-refractivity contribution in [3.8, 4) is 0 Å². The summed E-state index contributed by atoms with van der Waals surface area (Å²) in [5.41, 5.74) is -2.46. The molecule has 10 nitrogen and oxygen atoms in total. The molecule has 0 radical (unpaired) electrons. The zero-order chi connectivity index (χ0) is 21.8. The molecule has 12 heteroatoms. The summed E-state index contributed by atoms with van der Waals surface area (Å²) in [4.78, 5) is 46.3. The van der Waals surface area contributed by atoms with Crippen LogP contribution < -0.4 is 10.6 Å². The smallest absolute Gasteiger partial charge is 0.315 e. The normalized spacial score (nSPS) is 11.8. The van der Waals surface area contributed by atoms with Crippen LogP contribution in [0.15, 0.2) is 10.2 Å². The van der Waals surface area contributed by atoms with Crippen molar-refractivity contribution in [2.75, 3.05) is 37.8 Å². The van der Waals surface area contributed by atoms with E-state index in [0.717, 1.165) is 0 Å². The van der Waals surface area contributed by atoms with E-state index in [-0.39, 0.29) is 37.8 Å². The third-order valence-electron chi connectivity index (χ3n) is 3.22. The number of nitrogens with zero attached hydrogens (tertiary/aromatic N) is 2. The Morgan fingerprint density at radius 1 is 0.750 bits per heavy atom. The molecule has 28 heavy (non-hydrogen) atoms. The molecule has 0 bridgehead atoms. The van der Waals surface area contributed by atoms with E-state index in [0.29, 0.717) is 0 Å². The SMILES string of the molecule is CC(C)(N=NC(C)(C)C(=O)NCCOC(=O)CS)C(=O)NCCOC(=O)CS. The van der Waals surface area contributed by atoms with Gasteiger partial charge in [-0.2, -0.15) is 35.5 Å². The summed E-state index contributed by atoms with van der Waals surface area (Å²) >= 11 is 7.54. The first-order chi connectivity index (χ1) is 13.0. The van der Waals surface area contributed by atoms with Gasteiger partial charge in [0.1, 0.15) is 13.2 Å². The van der Waals surface area contributed by atoms with Crippen LogP contribution >= 0.6 is 25.3 Å². The van der Waals surface area contributed by atoms with Gasteiger partial charge in [-0.15, -0.1) is 0 Å². The highest BCUT2D eigenvalue weighted by Crippen LogP contribution is 2.16. The minimum atomic E-state index is -1.23. The molecule has 0 aromatic carbocycles. The molecular weight excluding hydrogens is 408 g/mol. The van der Waals surface area contributed by atoms with Gasteiger partial charge in [0, 0.05) is 0 Å². The topological polar surface area (TPSA) is 136 Å². The van der Waals surface area contributed by atoms with Crippen molar-refractivity contribution in [3.63, 3.8) is 0 Å². The first-order valence-corrected chi connectivity index (χ1v) is 9.76. The molecule has 0 aliphatic rings. The van der Waals surface area contributed by atoms with E-state index in [1.807, 2.05) is 0 Å². The van der Waals surface area contributed by atoms with Crippen LogP contribution in [0.4, 0.5) is 0 Å². The van der Waals surface area contributed by atoms with E-state index in [9.17, 15) is 19.2 Å². The molecular formula is C16H28N4O6S2. The second kappa shape index (κ2) is 12.6. The van der Waals surface area contributed by atoms with Gasteiger partial charge >= 0.3 is 11.9 Å². The molecule has 0 aliphatic heterocycles. The summed E-state index contributed by atoms with van der Waals surface area (Å²) < 4.78 is 9.59. The standard InChI is InChI=1S/C16H28N4O6S2/c1-15(2,13(23)17-5-7-25-11(21)9-27)19-20-16(3,4)14(24)18-6-8-26-12(22)10-28/h27-28H,5-10H2,1-4H3,(H,17,23)(H,18,24). The Bertz CT molecular complexity index is 546. The Balaban J connectivity index is 4.52. The van der Waals surface area contributed by atoms with Gasteiger partial charge in [0.25, 0.3) is 0 Å². The quantitative estimate of drug-likeness (QED) is 0.149. The molecule has 0 spiro atoms. The van der Waals surface area contributed by atoms with Gasteiger partial charge in [-0.25, -0.2) is 0 Å². The first-order valence-electron chi connectivity index (χ1n) is 8.50. The van der Waals surface area contributed by atoms with Crippen molar-refractivity contribution >= 4 is 49.0 Å². The Kier molecular flexibility index (Phi) is 11.8. The number of hydrogen-bond donors (Lipinski definition) is 4. The van der Waals surface area contributed by atoms with Crippen molar-refractivity contribution < 1.29 is 28.7 Å². The largest absolute Gasteiger partial charge is 0.463 e. The highest BCUT2D eigenvalue weighted by atomic mass is 32.1. The molecule has 160 valence electrons. The summed E-state index contributed by atoms with van der Waals surface area (Å²) in [6.45, 7) is 6.42. The fourth-order valence-electron chi connectivity index (χ4n) is 1.52. The number of carbonyl (C=O) groups excluding carboxylic acids is 4. The van der Waals surface area contributed by atoms with Crippen LogP contribution in [-0.4, -0.2) is 72.6 Å². The van der Waals surface area contributed by atoms with Crippen LogP contribution in [-0.2, 0) is 28.7 Å². The van der Waals surface area contributed by atoms with E-state index in [2.05, 4.69) is 46.1 Å². The zero-order valence-electron chi connectivity index (χ0n) is 16.5. The zero-order valence-corrected chi connectivity index (χ0v) is 18.3. The molecule has 0 saturated heterocycles. The second-order valence-electron chi connectivity index (χ2n) is 6.59. The Labute approximate surface area is 175 Å². The molecule has 0 unspecified atom stereocenters. The van der Waals surface area contributed by atoms with E-state index >= 15 is 0 Å². The van der Waals surface area contributed by atoms with Gasteiger partial charge in [0.15, 0.2) is 11.1 Å². The van der Waals surface area contributed by atoms with Crippen LogP contribution in [0.3, 0.4) is 0 Å². The second-order valence-corrected chi connectivity index (χ2v) is 7.22. The minimum absolute atomic E-state index is 0.0179. The highest BCUT2D eigenvalue weighted by Gasteiger charge is 2.32. The summed E-state index contributed by atoms with van der Waals surface area (Å²) in [5, 5.41) is 13.1. The number of thiol groups is 2. The summed E-state index contributed by atoms with van der Waals surface area (Å²) in [7, 11) is 0. The number of amides is 2. The molecule has 0 aromatic heterocycles. The maximum absolute atomic E-state index is 12.2. The predicted molar refractivity (Wildman–Crippen MR) is 109 cm³/mol. The van der Waals surface area contributed by atoms with Gasteiger partial charge in [-0.05, 0) is 27.7 Å². The fraction of sp³-hybridized carbons (Fsp3) is 0.750. The van der Waals surface area contributed by atoms with Gasteiger partial charge in [-0.3, -0.25) is 19.2 Å². The molecule has 0 aliphatic carbocycles. The number of rotatable bonds is 12. The Morgan fingerprint density at radius 3 is 1.36 bits per heavy atom.